The molecular formula is C23H20FNO5S. The van der Waals surface area contributed by atoms with Gasteiger partial charge in [0.15, 0.2) is 6.61 Å². The molecule has 3 rings (SSSR count). The van der Waals surface area contributed by atoms with Crippen LogP contribution in [0.25, 0.3) is 0 Å². The molecule has 0 aromatic heterocycles. The molecule has 3 aromatic rings. The molecule has 0 fully saturated rings. The van der Waals surface area contributed by atoms with Gasteiger partial charge in [0.2, 0.25) is 5.78 Å². The Morgan fingerprint density at radius 3 is 2.32 bits per heavy atom. The third-order valence-corrected chi connectivity index (χ3v) is 6.42. The average Bonchev–Trinajstić information content (AvgIpc) is 2.77. The monoisotopic (exact) mass is 441 g/mol. The molecule has 160 valence electrons. The number of benzene rings is 3. The van der Waals surface area contributed by atoms with Crippen LogP contribution in [-0.4, -0.2) is 33.8 Å². The van der Waals surface area contributed by atoms with Crippen LogP contribution in [-0.2, 0) is 14.8 Å². The summed E-state index contributed by atoms with van der Waals surface area (Å²) in [7, 11) is -2.52. The van der Waals surface area contributed by atoms with Gasteiger partial charge in [-0.05, 0) is 49.4 Å². The van der Waals surface area contributed by atoms with Crippen LogP contribution in [0.5, 0.6) is 0 Å². The summed E-state index contributed by atoms with van der Waals surface area (Å²) >= 11 is 0. The minimum absolute atomic E-state index is 0.0419. The molecule has 0 saturated heterocycles. The van der Waals surface area contributed by atoms with Gasteiger partial charge in [0.25, 0.3) is 10.0 Å². The maximum Gasteiger partial charge on any atom is 0.338 e. The molecule has 0 saturated carbocycles. The third kappa shape index (κ3) is 4.97. The standard InChI is InChI=1S/C23H20FNO5S/c1-16-10-12-18(13-11-16)25(2)31(28,29)19-7-5-6-17(14-19)23(27)30-15-22(26)20-8-3-4-9-21(20)24/h3-14H,15H2,1-2H3. The van der Waals surface area contributed by atoms with Crippen molar-refractivity contribution in [3.05, 3.63) is 95.3 Å². The summed E-state index contributed by atoms with van der Waals surface area (Å²) in [5.41, 5.74) is 1.23. The van der Waals surface area contributed by atoms with Crippen molar-refractivity contribution in [3.8, 4) is 0 Å². The Kier molecular flexibility index (Phi) is 6.50. The zero-order chi connectivity index (χ0) is 22.6. The van der Waals surface area contributed by atoms with Crippen LogP contribution in [0.1, 0.15) is 26.3 Å². The number of Topliss-reactive ketones (excluding diaryl/α,β-unsaturated/α-hetero) is 1. The quantitative estimate of drug-likeness (QED) is 0.409. The number of hydrogen-bond donors (Lipinski definition) is 0. The lowest BCUT2D eigenvalue weighted by Gasteiger charge is -2.20. The number of aryl methyl sites for hydroxylation is 1. The number of carbonyl (C=O) groups excluding carboxylic acids is 2. The summed E-state index contributed by atoms with van der Waals surface area (Å²) in [5, 5.41) is 0. The van der Waals surface area contributed by atoms with E-state index >= 15 is 0 Å². The van der Waals surface area contributed by atoms with Gasteiger partial charge in [-0.2, -0.15) is 0 Å². The highest BCUT2D eigenvalue weighted by molar-refractivity contribution is 7.92. The summed E-state index contributed by atoms with van der Waals surface area (Å²) in [6, 6.07) is 17.6. The summed E-state index contributed by atoms with van der Waals surface area (Å²) < 4.78 is 45.7. The van der Waals surface area contributed by atoms with E-state index in [1.165, 1.54) is 49.5 Å². The van der Waals surface area contributed by atoms with Crippen LogP contribution in [0.3, 0.4) is 0 Å². The number of sulfonamides is 1. The first-order chi connectivity index (χ1) is 14.7. The largest absolute Gasteiger partial charge is 0.454 e. The molecule has 0 spiro atoms. The smallest absolute Gasteiger partial charge is 0.338 e. The Balaban J connectivity index is 1.76. The van der Waals surface area contributed by atoms with Crippen molar-refractivity contribution in [3.63, 3.8) is 0 Å². The van der Waals surface area contributed by atoms with Crippen LogP contribution in [0, 0.1) is 12.7 Å². The first kappa shape index (κ1) is 22.2. The van der Waals surface area contributed by atoms with Gasteiger partial charge in [0.05, 0.1) is 21.7 Å². The molecule has 0 N–H and O–H groups in total. The summed E-state index contributed by atoms with van der Waals surface area (Å²) in [5.74, 6) is -2.30. The maximum atomic E-state index is 13.7. The van der Waals surface area contributed by atoms with Gasteiger partial charge in [-0.1, -0.05) is 35.9 Å². The fourth-order valence-corrected chi connectivity index (χ4v) is 4.06. The lowest BCUT2D eigenvalue weighted by atomic mass is 10.1. The minimum atomic E-state index is -3.93. The molecular weight excluding hydrogens is 421 g/mol. The van der Waals surface area contributed by atoms with Gasteiger partial charge in [-0.15, -0.1) is 0 Å². The highest BCUT2D eigenvalue weighted by atomic mass is 32.2. The molecule has 0 radical (unpaired) electrons. The topological polar surface area (TPSA) is 80.8 Å². The van der Waals surface area contributed by atoms with Crippen LogP contribution in [0.15, 0.2) is 77.7 Å². The van der Waals surface area contributed by atoms with Crippen molar-refractivity contribution in [1.29, 1.82) is 0 Å². The van der Waals surface area contributed by atoms with E-state index < -0.39 is 34.2 Å². The molecule has 31 heavy (non-hydrogen) atoms. The average molecular weight is 441 g/mol. The zero-order valence-electron chi connectivity index (χ0n) is 16.9. The Morgan fingerprint density at radius 1 is 0.968 bits per heavy atom. The molecule has 0 amide bonds. The Hall–Kier alpha value is -3.52. The molecule has 3 aromatic carbocycles. The Bertz CT molecular complexity index is 1220. The third-order valence-electron chi connectivity index (χ3n) is 4.63. The molecule has 6 nitrogen and oxygen atoms in total. The second-order valence-corrected chi connectivity index (χ2v) is 8.78. The highest BCUT2D eigenvalue weighted by Crippen LogP contribution is 2.23. The Labute approximate surface area is 179 Å². The first-order valence-electron chi connectivity index (χ1n) is 9.30. The van der Waals surface area contributed by atoms with Crippen molar-refractivity contribution in [2.45, 2.75) is 11.8 Å². The number of ketones is 1. The molecule has 0 heterocycles. The number of anilines is 1. The molecule has 0 aliphatic carbocycles. The lowest BCUT2D eigenvalue weighted by molar-refractivity contribution is 0.0473. The van der Waals surface area contributed by atoms with E-state index in [2.05, 4.69) is 0 Å². The predicted octanol–water partition coefficient (Wildman–Crippen LogP) is 4.00. The van der Waals surface area contributed by atoms with Gasteiger partial charge in [0, 0.05) is 7.05 Å². The molecule has 0 bridgehead atoms. The number of halogens is 1. The maximum absolute atomic E-state index is 13.7. The van der Waals surface area contributed by atoms with Crippen molar-refractivity contribution in [2.75, 3.05) is 18.0 Å². The normalized spacial score (nSPS) is 11.1. The second-order valence-electron chi connectivity index (χ2n) is 6.82. The number of hydrogen-bond acceptors (Lipinski definition) is 5. The van der Waals surface area contributed by atoms with Crippen molar-refractivity contribution in [2.24, 2.45) is 0 Å². The number of rotatable bonds is 7. The van der Waals surface area contributed by atoms with Gasteiger partial charge in [-0.25, -0.2) is 17.6 Å². The minimum Gasteiger partial charge on any atom is -0.454 e. The molecule has 0 unspecified atom stereocenters. The van der Waals surface area contributed by atoms with E-state index in [-0.39, 0.29) is 16.0 Å². The van der Waals surface area contributed by atoms with Crippen molar-refractivity contribution in [1.82, 2.24) is 0 Å². The van der Waals surface area contributed by atoms with Gasteiger partial charge < -0.3 is 4.74 Å². The van der Waals surface area contributed by atoms with Gasteiger partial charge >= 0.3 is 5.97 Å². The molecule has 8 heteroatoms. The summed E-state index contributed by atoms with van der Waals surface area (Å²) in [4.78, 5) is 24.3. The molecule has 0 atom stereocenters. The molecule has 0 aliphatic rings. The molecule has 0 aliphatic heterocycles. The lowest BCUT2D eigenvalue weighted by Crippen LogP contribution is -2.26. The van der Waals surface area contributed by atoms with E-state index in [0.29, 0.717) is 5.69 Å². The summed E-state index contributed by atoms with van der Waals surface area (Å²) in [6.45, 7) is 1.23. The van der Waals surface area contributed by atoms with Crippen molar-refractivity contribution >= 4 is 27.5 Å². The Morgan fingerprint density at radius 2 is 1.65 bits per heavy atom. The van der Waals surface area contributed by atoms with Gasteiger partial charge in [-0.3, -0.25) is 9.10 Å². The number of esters is 1. The zero-order valence-corrected chi connectivity index (χ0v) is 17.7. The number of ether oxygens (including phenoxy) is 1. The van der Waals surface area contributed by atoms with E-state index in [1.807, 2.05) is 6.92 Å². The van der Waals surface area contributed by atoms with Gasteiger partial charge in [0.1, 0.15) is 5.82 Å². The SMILES string of the molecule is Cc1ccc(N(C)S(=O)(=O)c2cccc(C(=O)OCC(=O)c3ccccc3F)c2)cc1. The van der Waals surface area contributed by atoms with Crippen LogP contribution >= 0.6 is 0 Å². The fraction of sp³-hybridized carbons (Fsp3) is 0.130. The van der Waals surface area contributed by atoms with Crippen LogP contribution in [0.2, 0.25) is 0 Å². The van der Waals surface area contributed by atoms with Crippen LogP contribution in [0.4, 0.5) is 10.1 Å². The van der Waals surface area contributed by atoms with Crippen molar-refractivity contribution < 1.29 is 27.1 Å². The van der Waals surface area contributed by atoms with E-state index in [0.717, 1.165) is 15.9 Å². The van der Waals surface area contributed by atoms with E-state index in [9.17, 15) is 22.4 Å². The second kappa shape index (κ2) is 9.09. The number of nitrogens with zero attached hydrogens (tertiary/aromatic N) is 1. The van der Waals surface area contributed by atoms with E-state index in [1.54, 1.807) is 24.3 Å². The number of carbonyl (C=O) groups is 2. The highest BCUT2D eigenvalue weighted by Gasteiger charge is 2.23. The first-order valence-corrected chi connectivity index (χ1v) is 10.7. The van der Waals surface area contributed by atoms with Crippen LogP contribution < -0.4 is 4.31 Å². The van der Waals surface area contributed by atoms with E-state index in [4.69, 9.17) is 4.74 Å². The summed E-state index contributed by atoms with van der Waals surface area (Å²) in [6.07, 6.45) is 0. The fourth-order valence-electron chi connectivity index (χ4n) is 2.81. The predicted molar refractivity (Wildman–Crippen MR) is 114 cm³/mol.